The van der Waals surface area contributed by atoms with E-state index in [1.54, 1.807) is 11.8 Å². The van der Waals surface area contributed by atoms with Crippen molar-refractivity contribution in [3.63, 3.8) is 0 Å². The molecule has 1 fully saturated rings. The van der Waals surface area contributed by atoms with Crippen LogP contribution in [0.1, 0.15) is 35.8 Å². The van der Waals surface area contributed by atoms with Gasteiger partial charge in [0, 0.05) is 49.5 Å². The van der Waals surface area contributed by atoms with Crippen molar-refractivity contribution < 1.29 is 9.59 Å². The quantitative estimate of drug-likeness (QED) is 0.910. The number of halogens is 1. The lowest BCUT2D eigenvalue weighted by molar-refractivity contribution is -0.128. The summed E-state index contributed by atoms with van der Waals surface area (Å²) in [6.45, 7) is 5.76. The standard InChI is InChI=1S/C19H24ClN3O2/c1-12-8-15-9-18(21-17(15)10-16(12)20)19(25)23-6-4-14(5-7-23)11-22(3)13(2)24/h8-10,14,21H,4-7,11H2,1-3H3. The van der Waals surface area contributed by atoms with E-state index in [-0.39, 0.29) is 11.8 Å². The van der Waals surface area contributed by atoms with Gasteiger partial charge in [-0.2, -0.15) is 0 Å². The van der Waals surface area contributed by atoms with Gasteiger partial charge in [-0.25, -0.2) is 0 Å². The topological polar surface area (TPSA) is 56.4 Å². The van der Waals surface area contributed by atoms with E-state index < -0.39 is 0 Å². The lowest BCUT2D eigenvalue weighted by atomic mass is 9.96. The Morgan fingerprint density at radius 2 is 1.96 bits per heavy atom. The van der Waals surface area contributed by atoms with Crippen molar-refractivity contribution in [2.24, 2.45) is 5.92 Å². The molecule has 0 bridgehead atoms. The predicted octanol–water partition coefficient (Wildman–Crippen LogP) is 3.46. The number of likely N-dealkylation sites (tertiary alicyclic amines) is 1. The van der Waals surface area contributed by atoms with Gasteiger partial charge >= 0.3 is 0 Å². The third-order valence-electron chi connectivity index (χ3n) is 5.10. The highest BCUT2D eigenvalue weighted by atomic mass is 35.5. The zero-order valence-electron chi connectivity index (χ0n) is 14.9. The number of nitrogens with one attached hydrogen (secondary N) is 1. The highest BCUT2D eigenvalue weighted by Crippen LogP contribution is 2.25. The number of rotatable bonds is 3. The SMILES string of the molecule is CC(=O)N(C)CC1CCN(C(=O)c2cc3cc(C)c(Cl)cc3[nH]2)CC1. The minimum atomic E-state index is 0.0309. The maximum atomic E-state index is 12.8. The summed E-state index contributed by atoms with van der Waals surface area (Å²) in [5, 5.41) is 1.70. The molecule has 1 aromatic heterocycles. The molecule has 2 amide bonds. The van der Waals surface area contributed by atoms with Gasteiger partial charge in [0.15, 0.2) is 0 Å². The Balaban J connectivity index is 1.65. The number of aromatic amines is 1. The minimum Gasteiger partial charge on any atom is -0.350 e. The Kier molecular flexibility index (Phi) is 5.04. The molecule has 0 spiro atoms. The fourth-order valence-corrected chi connectivity index (χ4v) is 3.55. The molecule has 1 saturated heterocycles. The number of H-pyrrole nitrogens is 1. The number of hydrogen-bond acceptors (Lipinski definition) is 2. The van der Waals surface area contributed by atoms with Gasteiger partial charge < -0.3 is 14.8 Å². The summed E-state index contributed by atoms with van der Waals surface area (Å²) in [6.07, 6.45) is 1.85. The Hall–Kier alpha value is -2.01. The molecular formula is C19H24ClN3O2. The van der Waals surface area contributed by atoms with E-state index in [1.807, 2.05) is 37.1 Å². The zero-order valence-corrected chi connectivity index (χ0v) is 15.7. The van der Waals surface area contributed by atoms with Crippen molar-refractivity contribution in [3.8, 4) is 0 Å². The number of fused-ring (bicyclic) bond motifs is 1. The monoisotopic (exact) mass is 361 g/mol. The molecule has 1 aliphatic rings. The molecule has 2 aromatic rings. The number of carbonyl (C=O) groups excluding carboxylic acids is 2. The van der Waals surface area contributed by atoms with E-state index in [1.165, 1.54) is 0 Å². The van der Waals surface area contributed by atoms with Gasteiger partial charge in [0.05, 0.1) is 0 Å². The maximum absolute atomic E-state index is 12.8. The van der Waals surface area contributed by atoms with E-state index in [9.17, 15) is 9.59 Å². The third kappa shape index (κ3) is 3.82. The molecule has 0 saturated carbocycles. The average Bonchev–Trinajstić information content (AvgIpc) is 2.98. The molecule has 0 aliphatic carbocycles. The summed E-state index contributed by atoms with van der Waals surface area (Å²) >= 11 is 6.16. The number of aryl methyl sites for hydroxylation is 1. The van der Waals surface area contributed by atoms with Gasteiger partial charge in [-0.05, 0) is 49.4 Å². The van der Waals surface area contributed by atoms with Crippen molar-refractivity contribution in [2.45, 2.75) is 26.7 Å². The number of carbonyl (C=O) groups is 2. The number of nitrogens with zero attached hydrogens (tertiary/aromatic N) is 2. The second-order valence-electron chi connectivity index (χ2n) is 7.01. The van der Waals surface area contributed by atoms with Crippen LogP contribution in [-0.4, -0.2) is 53.3 Å². The Labute approximate surface area is 152 Å². The lowest BCUT2D eigenvalue weighted by Crippen LogP contribution is -2.41. The summed E-state index contributed by atoms with van der Waals surface area (Å²) in [6, 6.07) is 5.76. The second kappa shape index (κ2) is 7.08. The van der Waals surface area contributed by atoms with Crippen molar-refractivity contribution in [3.05, 3.63) is 34.5 Å². The Morgan fingerprint density at radius 1 is 1.28 bits per heavy atom. The molecule has 3 rings (SSSR count). The fourth-order valence-electron chi connectivity index (χ4n) is 3.39. The van der Waals surface area contributed by atoms with Crippen LogP contribution in [-0.2, 0) is 4.79 Å². The van der Waals surface area contributed by atoms with E-state index in [0.29, 0.717) is 16.6 Å². The van der Waals surface area contributed by atoms with E-state index >= 15 is 0 Å². The molecule has 0 radical (unpaired) electrons. The molecule has 1 aliphatic heterocycles. The molecule has 2 heterocycles. The normalized spacial score (nSPS) is 15.6. The van der Waals surface area contributed by atoms with Crippen LogP contribution < -0.4 is 0 Å². The molecule has 5 nitrogen and oxygen atoms in total. The molecular weight excluding hydrogens is 338 g/mol. The van der Waals surface area contributed by atoms with Crippen molar-refractivity contribution in [1.82, 2.24) is 14.8 Å². The molecule has 134 valence electrons. The number of aromatic nitrogens is 1. The van der Waals surface area contributed by atoms with Gasteiger partial charge in [-0.3, -0.25) is 9.59 Å². The van der Waals surface area contributed by atoms with Crippen LogP contribution in [0.15, 0.2) is 18.2 Å². The summed E-state index contributed by atoms with van der Waals surface area (Å²) in [7, 11) is 1.83. The number of hydrogen-bond donors (Lipinski definition) is 1. The first-order valence-electron chi connectivity index (χ1n) is 8.65. The predicted molar refractivity (Wildman–Crippen MR) is 100.0 cm³/mol. The highest BCUT2D eigenvalue weighted by Gasteiger charge is 2.25. The summed E-state index contributed by atoms with van der Waals surface area (Å²) in [5.41, 5.74) is 2.50. The molecule has 1 aromatic carbocycles. The number of benzene rings is 1. The van der Waals surface area contributed by atoms with Crippen LogP contribution >= 0.6 is 11.6 Å². The summed E-state index contributed by atoms with van der Waals surface area (Å²) in [4.78, 5) is 31.0. The number of piperidine rings is 1. The van der Waals surface area contributed by atoms with Gasteiger partial charge in [-0.15, -0.1) is 0 Å². The van der Waals surface area contributed by atoms with Crippen molar-refractivity contribution in [1.29, 1.82) is 0 Å². The van der Waals surface area contributed by atoms with Crippen molar-refractivity contribution in [2.75, 3.05) is 26.7 Å². The van der Waals surface area contributed by atoms with Crippen LogP contribution in [0, 0.1) is 12.8 Å². The molecule has 0 unspecified atom stereocenters. The molecule has 25 heavy (non-hydrogen) atoms. The van der Waals surface area contributed by atoms with E-state index in [0.717, 1.165) is 48.9 Å². The largest absolute Gasteiger partial charge is 0.350 e. The third-order valence-corrected chi connectivity index (χ3v) is 5.51. The van der Waals surface area contributed by atoms with Crippen LogP contribution in [0.25, 0.3) is 10.9 Å². The Morgan fingerprint density at radius 3 is 2.60 bits per heavy atom. The highest BCUT2D eigenvalue weighted by molar-refractivity contribution is 6.32. The molecule has 1 N–H and O–H groups in total. The van der Waals surface area contributed by atoms with Crippen LogP contribution in [0.4, 0.5) is 0 Å². The van der Waals surface area contributed by atoms with Crippen LogP contribution in [0.3, 0.4) is 0 Å². The summed E-state index contributed by atoms with van der Waals surface area (Å²) in [5.74, 6) is 0.580. The van der Waals surface area contributed by atoms with Gasteiger partial charge in [0.25, 0.3) is 5.91 Å². The second-order valence-corrected chi connectivity index (χ2v) is 7.41. The smallest absolute Gasteiger partial charge is 0.270 e. The van der Waals surface area contributed by atoms with Gasteiger partial charge in [0.2, 0.25) is 5.91 Å². The minimum absolute atomic E-state index is 0.0309. The first kappa shape index (κ1) is 17.8. The first-order chi connectivity index (χ1) is 11.8. The fraction of sp³-hybridized carbons (Fsp3) is 0.474. The van der Waals surface area contributed by atoms with Crippen LogP contribution in [0.2, 0.25) is 5.02 Å². The van der Waals surface area contributed by atoms with Crippen molar-refractivity contribution >= 4 is 34.3 Å². The first-order valence-corrected chi connectivity index (χ1v) is 9.03. The molecule has 6 heteroatoms. The van der Waals surface area contributed by atoms with Gasteiger partial charge in [-0.1, -0.05) is 11.6 Å². The van der Waals surface area contributed by atoms with Gasteiger partial charge in [0.1, 0.15) is 5.69 Å². The lowest BCUT2D eigenvalue weighted by Gasteiger charge is -2.33. The average molecular weight is 362 g/mol. The maximum Gasteiger partial charge on any atom is 0.270 e. The van der Waals surface area contributed by atoms with Crippen LogP contribution in [0.5, 0.6) is 0 Å². The van der Waals surface area contributed by atoms with E-state index in [4.69, 9.17) is 11.6 Å². The molecule has 0 atom stereocenters. The Bertz CT molecular complexity index is 767. The van der Waals surface area contributed by atoms with E-state index in [2.05, 4.69) is 4.98 Å². The zero-order chi connectivity index (χ0) is 18.1. The number of amides is 2. The summed E-state index contributed by atoms with van der Waals surface area (Å²) < 4.78 is 0.